The highest BCUT2D eigenvalue weighted by Gasteiger charge is 2.05. The Morgan fingerprint density at radius 1 is 1.60 bits per heavy atom. The fraction of sp³-hybridized carbons (Fsp3) is 0.273. The molecular weight excluding hydrogens is 208 g/mol. The molecule has 0 aliphatic heterocycles. The molecule has 0 saturated carbocycles. The molecule has 2 aromatic rings. The summed E-state index contributed by atoms with van der Waals surface area (Å²) in [5, 5.41) is 1.98. The van der Waals surface area contributed by atoms with E-state index in [2.05, 4.69) is 11.9 Å². The van der Waals surface area contributed by atoms with E-state index in [1.807, 2.05) is 22.2 Å². The first-order chi connectivity index (χ1) is 7.35. The zero-order valence-electron chi connectivity index (χ0n) is 8.51. The fourth-order valence-electron chi connectivity index (χ4n) is 1.51. The lowest BCUT2D eigenvalue weighted by Crippen LogP contribution is -1.98. The highest BCUT2D eigenvalue weighted by Crippen LogP contribution is 2.18. The van der Waals surface area contributed by atoms with Gasteiger partial charge in [-0.3, -0.25) is 4.79 Å². The molecule has 4 heteroatoms. The molecule has 2 rings (SSSR count). The highest BCUT2D eigenvalue weighted by atomic mass is 32.1. The summed E-state index contributed by atoms with van der Waals surface area (Å²) in [6.07, 6.45) is 6.64. The van der Waals surface area contributed by atoms with Crippen LogP contribution >= 0.6 is 11.3 Å². The maximum atomic E-state index is 10.6. The number of hydrogen-bond donors (Lipinski definition) is 0. The normalized spacial score (nSPS) is 10.5. The van der Waals surface area contributed by atoms with Crippen molar-refractivity contribution in [1.82, 2.24) is 9.55 Å². The molecule has 0 radical (unpaired) electrons. The van der Waals surface area contributed by atoms with Crippen molar-refractivity contribution in [2.24, 2.45) is 0 Å². The molecule has 0 aliphatic rings. The molecular formula is C11H12N2OS. The van der Waals surface area contributed by atoms with Crippen LogP contribution in [0, 0.1) is 0 Å². The molecule has 0 spiro atoms. The van der Waals surface area contributed by atoms with Crippen LogP contribution in [-0.2, 0) is 6.42 Å². The van der Waals surface area contributed by atoms with Gasteiger partial charge in [0.05, 0.1) is 10.6 Å². The first-order valence-electron chi connectivity index (χ1n) is 4.91. The van der Waals surface area contributed by atoms with Gasteiger partial charge in [0.15, 0.2) is 6.29 Å². The summed E-state index contributed by atoms with van der Waals surface area (Å²) in [6, 6.07) is 1.89. The molecule has 78 valence electrons. The van der Waals surface area contributed by atoms with Crippen molar-refractivity contribution < 1.29 is 4.79 Å². The lowest BCUT2D eigenvalue weighted by molar-refractivity contribution is 0.112. The van der Waals surface area contributed by atoms with Gasteiger partial charge in [-0.05, 0) is 12.5 Å². The summed E-state index contributed by atoms with van der Waals surface area (Å²) in [4.78, 5) is 15.6. The zero-order chi connectivity index (χ0) is 10.7. The Labute approximate surface area is 92.4 Å². The molecule has 0 N–H and O–H groups in total. The molecule has 2 aromatic heterocycles. The Morgan fingerprint density at radius 3 is 3.13 bits per heavy atom. The minimum absolute atomic E-state index is 0.751. The third-order valence-electron chi connectivity index (χ3n) is 2.19. The van der Waals surface area contributed by atoms with E-state index in [0.717, 1.165) is 35.5 Å². The van der Waals surface area contributed by atoms with E-state index < -0.39 is 0 Å². The van der Waals surface area contributed by atoms with Crippen molar-refractivity contribution in [3.05, 3.63) is 34.5 Å². The van der Waals surface area contributed by atoms with Crippen LogP contribution in [0.15, 0.2) is 23.8 Å². The Balaban J connectivity index is 2.35. The predicted octanol–water partition coefficient (Wildman–Crippen LogP) is 2.70. The minimum atomic E-state index is 0.751. The van der Waals surface area contributed by atoms with Crippen molar-refractivity contribution in [3.63, 3.8) is 0 Å². The van der Waals surface area contributed by atoms with Crippen molar-refractivity contribution in [3.8, 4) is 5.69 Å². The van der Waals surface area contributed by atoms with E-state index in [-0.39, 0.29) is 0 Å². The van der Waals surface area contributed by atoms with Gasteiger partial charge in [-0.1, -0.05) is 6.92 Å². The summed E-state index contributed by atoms with van der Waals surface area (Å²) >= 11 is 1.46. The molecule has 0 atom stereocenters. The van der Waals surface area contributed by atoms with E-state index in [1.165, 1.54) is 11.3 Å². The van der Waals surface area contributed by atoms with Crippen LogP contribution in [0.2, 0.25) is 0 Å². The topological polar surface area (TPSA) is 34.9 Å². The standard InChI is InChI=1S/C11H12N2OS/c1-2-3-11-12-4-5-13(11)9-6-10(7-14)15-8-9/h4-8H,2-3H2,1H3. The minimum Gasteiger partial charge on any atom is -0.303 e. The summed E-state index contributed by atoms with van der Waals surface area (Å²) in [5.74, 6) is 1.05. The van der Waals surface area contributed by atoms with Crippen molar-refractivity contribution >= 4 is 17.6 Å². The van der Waals surface area contributed by atoms with Gasteiger partial charge in [0.1, 0.15) is 5.82 Å². The third kappa shape index (κ3) is 1.99. The van der Waals surface area contributed by atoms with Crippen LogP contribution in [-0.4, -0.2) is 15.8 Å². The second-order valence-electron chi connectivity index (χ2n) is 3.29. The maximum Gasteiger partial charge on any atom is 0.160 e. The van der Waals surface area contributed by atoms with Crippen LogP contribution in [0.4, 0.5) is 0 Å². The number of nitrogens with zero attached hydrogens (tertiary/aromatic N) is 2. The summed E-state index contributed by atoms with van der Waals surface area (Å²) in [5.41, 5.74) is 1.03. The molecule has 0 aliphatic carbocycles. The van der Waals surface area contributed by atoms with Crippen molar-refractivity contribution in [1.29, 1.82) is 0 Å². The van der Waals surface area contributed by atoms with E-state index in [1.54, 1.807) is 6.20 Å². The predicted molar refractivity (Wildman–Crippen MR) is 60.8 cm³/mol. The molecule has 2 heterocycles. The number of aromatic nitrogens is 2. The summed E-state index contributed by atoms with van der Waals surface area (Å²) in [7, 11) is 0. The number of aldehydes is 1. The van der Waals surface area contributed by atoms with Crippen LogP contribution in [0.25, 0.3) is 5.69 Å². The van der Waals surface area contributed by atoms with Crippen molar-refractivity contribution in [2.75, 3.05) is 0 Å². The average Bonchev–Trinajstić information content (AvgIpc) is 2.85. The van der Waals surface area contributed by atoms with E-state index in [4.69, 9.17) is 0 Å². The van der Waals surface area contributed by atoms with Gasteiger partial charge >= 0.3 is 0 Å². The van der Waals surface area contributed by atoms with Crippen LogP contribution < -0.4 is 0 Å². The molecule has 0 bridgehead atoms. The number of aryl methyl sites for hydroxylation is 1. The molecule has 15 heavy (non-hydrogen) atoms. The Hall–Kier alpha value is -1.42. The van der Waals surface area contributed by atoms with Gasteiger partial charge < -0.3 is 4.57 Å². The Morgan fingerprint density at radius 2 is 2.47 bits per heavy atom. The molecule has 0 saturated heterocycles. The Bertz CT molecular complexity index is 459. The third-order valence-corrected chi connectivity index (χ3v) is 3.04. The monoisotopic (exact) mass is 220 g/mol. The lowest BCUT2D eigenvalue weighted by atomic mass is 10.3. The van der Waals surface area contributed by atoms with Crippen LogP contribution in [0.1, 0.15) is 28.8 Å². The number of hydrogen-bond acceptors (Lipinski definition) is 3. The van der Waals surface area contributed by atoms with Gasteiger partial charge in [-0.15, -0.1) is 11.3 Å². The fourth-order valence-corrected chi connectivity index (χ4v) is 2.19. The lowest BCUT2D eigenvalue weighted by Gasteiger charge is -2.03. The van der Waals surface area contributed by atoms with Gasteiger partial charge in [0.2, 0.25) is 0 Å². The Kier molecular flexibility index (Phi) is 2.97. The van der Waals surface area contributed by atoms with E-state index in [0.29, 0.717) is 0 Å². The molecule has 0 aromatic carbocycles. The quantitative estimate of drug-likeness (QED) is 0.742. The molecule has 0 unspecified atom stereocenters. The number of rotatable bonds is 4. The summed E-state index contributed by atoms with van der Waals surface area (Å²) < 4.78 is 2.03. The molecule has 0 amide bonds. The second kappa shape index (κ2) is 4.40. The summed E-state index contributed by atoms with van der Waals surface area (Å²) in [6.45, 7) is 2.13. The number of carbonyl (C=O) groups excluding carboxylic acids is 1. The second-order valence-corrected chi connectivity index (χ2v) is 4.23. The van der Waals surface area contributed by atoms with Gasteiger partial charge in [-0.2, -0.15) is 0 Å². The number of carbonyl (C=O) groups is 1. The number of imidazole rings is 1. The van der Waals surface area contributed by atoms with Gasteiger partial charge in [0.25, 0.3) is 0 Å². The van der Waals surface area contributed by atoms with Gasteiger partial charge in [0, 0.05) is 24.2 Å². The zero-order valence-corrected chi connectivity index (χ0v) is 9.33. The van der Waals surface area contributed by atoms with Gasteiger partial charge in [-0.25, -0.2) is 4.98 Å². The average molecular weight is 220 g/mol. The van der Waals surface area contributed by atoms with Crippen LogP contribution in [0.3, 0.4) is 0 Å². The van der Waals surface area contributed by atoms with E-state index in [9.17, 15) is 4.79 Å². The highest BCUT2D eigenvalue weighted by molar-refractivity contribution is 7.12. The van der Waals surface area contributed by atoms with Crippen molar-refractivity contribution in [2.45, 2.75) is 19.8 Å². The van der Waals surface area contributed by atoms with E-state index >= 15 is 0 Å². The SMILES string of the molecule is CCCc1nccn1-c1csc(C=O)c1. The largest absolute Gasteiger partial charge is 0.303 e. The molecule has 0 fully saturated rings. The first-order valence-corrected chi connectivity index (χ1v) is 5.79. The smallest absolute Gasteiger partial charge is 0.160 e. The first kappa shape index (κ1) is 10.1. The number of thiophene rings is 1. The molecule has 3 nitrogen and oxygen atoms in total. The maximum absolute atomic E-state index is 10.6. The van der Waals surface area contributed by atoms with Crippen LogP contribution in [0.5, 0.6) is 0 Å².